The maximum absolute atomic E-state index is 12.9. The van der Waals surface area contributed by atoms with Gasteiger partial charge in [-0.3, -0.25) is 4.79 Å². The van der Waals surface area contributed by atoms with E-state index in [2.05, 4.69) is 10.5 Å². The lowest BCUT2D eigenvalue weighted by Gasteiger charge is -2.11. The molecule has 0 aliphatic heterocycles. The molecule has 8 heteroatoms. The average molecular weight is 338 g/mol. The molecule has 1 amide bonds. The first kappa shape index (κ1) is 16.8. The summed E-state index contributed by atoms with van der Waals surface area (Å²) in [5.74, 6) is 1.03. The molecular weight excluding hydrogens is 323 g/mol. The largest absolute Gasteiger partial charge is 0.496 e. The molecule has 0 unspecified atom stereocenters. The summed E-state index contributed by atoms with van der Waals surface area (Å²) >= 11 is 0.747. The Balaban J connectivity index is 2.16. The van der Waals surface area contributed by atoms with Gasteiger partial charge < -0.3 is 14.2 Å². The van der Waals surface area contributed by atoms with Crippen molar-refractivity contribution in [1.29, 1.82) is 0 Å². The van der Waals surface area contributed by atoms with Crippen LogP contribution in [0.3, 0.4) is 0 Å². The molecule has 122 valence electrons. The Bertz CT molecular complexity index is 730. The van der Waals surface area contributed by atoms with E-state index in [0.29, 0.717) is 22.8 Å². The van der Waals surface area contributed by atoms with Gasteiger partial charge in [-0.1, -0.05) is 0 Å². The zero-order valence-electron chi connectivity index (χ0n) is 12.8. The topological polar surface area (TPSA) is 69.2 Å². The monoisotopic (exact) mass is 338 g/mol. The van der Waals surface area contributed by atoms with Crippen LogP contribution in [0.5, 0.6) is 17.2 Å². The van der Waals surface area contributed by atoms with E-state index in [-0.39, 0.29) is 4.88 Å². The van der Waals surface area contributed by atoms with Gasteiger partial charge in [-0.2, -0.15) is 9.49 Å². The van der Waals surface area contributed by atoms with Crippen molar-refractivity contribution in [3.8, 4) is 17.2 Å². The Morgan fingerprint density at radius 3 is 2.35 bits per heavy atom. The highest BCUT2D eigenvalue weighted by molar-refractivity contribution is 7.12. The van der Waals surface area contributed by atoms with Crippen molar-refractivity contribution in [2.45, 2.75) is 0 Å². The normalized spacial score (nSPS) is 10.6. The fourth-order valence-corrected chi connectivity index (χ4v) is 2.43. The highest BCUT2D eigenvalue weighted by Crippen LogP contribution is 2.33. The molecule has 0 bridgehead atoms. The highest BCUT2D eigenvalue weighted by Gasteiger charge is 2.11. The Kier molecular flexibility index (Phi) is 5.53. The number of benzene rings is 1. The van der Waals surface area contributed by atoms with Crippen molar-refractivity contribution < 1.29 is 23.4 Å². The van der Waals surface area contributed by atoms with Gasteiger partial charge in [0.25, 0.3) is 5.91 Å². The van der Waals surface area contributed by atoms with Gasteiger partial charge >= 0.3 is 0 Å². The summed E-state index contributed by atoms with van der Waals surface area (Å²) < 4.78 is 28.5. The number of hydrazone groups is 1. The molecule has 0 radical (unpaired) electrons. The van der Waals surface area contributed by atoms with Crippen molar-refractivity contribution in [3.05, 3.63) is 39.8 Å². The number of hydrogen-bond acceptors (Lipinski definition) is 6. The molecule has 1 heterocycles. The molecule has 1 aromatic carbocycles. The lowest BCUT2D eigenvalue weighted by Crippen LogP contribution is -2.16. The fraction of sp³-hybridized carbons (Fsp3) is 0.200. The molecule has 2 rings (SSSR count). The minimum atomic E-state index is -0.491. The molecule has 0 aliphatic carbocycles. The molecule has 0 fully saturated rings. The zero-order valence-corrected chi connectivity index (χ0v) is 13.6. The fourth-order valence-electron chi connectivity index (χ4n) is 1.81. The van der Waals surface area contributed by atoms with Crippen molar-refractivity contribution in [3.63, 3.8) is 0 Å². The zero-order chi connectivity index (χ0) is 16.8. The second kappa shape index (κ2) is 7.59. The molecule has 1 aromatic heterocycles. The van der Waals surface area contributed by atoms with Gasteiger partial charge in [0.2, 0.25) is 0 Å². The molecule has 2 aromatic rings. The second-order valence-corrected chi connectivity index (χ2v) is 5.29. The van der Waals surface area contributed by atoms with Gasteiger partial charge in [-0.15, -0.1) is 11.3 Å². The third kappa shape index (κ3) is 3.98. The molecule has 0 saturated heterocycles. The molecule has 0 atom stereocenters. The SMILES string of the molecule is COc1cc(OC)c(OC)cc1C=NNC(=O)c1ccc(F)s1. The van der Waals surface area contributed by atoms with E-state index in [9.17, 15) is 9.18 Å². The van der Waals surface area contributed by atoms with E-state index in [1.54, 1.807) is 12.1 Å². The van der Waals surface area contributed by atoms with E-state index in [1.165, 1.54) is 39.7 Å². The molecule has 0 spiro atoms. The number of thiophene rings is 1. The van der Waals surface area contributed by atoms with Crippen LogP contribution in [0.25, 0.3) is 0 Å². The van der Waals surface area contributed by atoms with Crippen LogP contribution in [0.15, 0.2) is 29.4 Å². The first-order chi connectivity index (χ1) is 11.1. The summed E-state index contributed by atoms with van der Waals surface area (Å²) in [6.07, 6.45) is 1.41. The predicted molar refractivity (Wildman–Crippen MR) is 85.4 cm³/mol. The second-order valence-electron chi connectivity index (χ2n) is 4.25. The summed E-state index contributed by atoms with van der Waals surface area (Å²) in [7, 11) is 4.54. The predicted octanol–water partition coefficient (Wildman–Crippen LogP) is 2.68. The molecule has 23 heavy (non-hydrogen) atoms. The number of hydrogen-bond donors (Lipinski definition) is 1. The summed E-state index contributed by atoms with van der Waals surface area (Å²) in [5.41, 5.74) is 2.91. The standard InChI is InChI=1S/C15H15FN2O4S/c1-20-10-7-12(22-3)11(21-2)6-9(10)8-17-18-15(19)13-4-5-14(16)23-13/h4-8H,1-3H3,(H,18,19). The van der Waals surface area contributed by atoms with E-state index >= 15 is 0 Å². The quantitative estimate of drug-likeness (QED) is 0.649. The number of nitrogens with zero attached hydrogens (tertiary/aromatic N) is 1. The van der Waals surface area contributed by atoms with Crippen molar-refractivity contribution >= 4 is 23.5 Å². The lowest BCUT2D eigenvalue weighted by molar-refractivity contribution is 0.0959. The number of nitrogens with one attached hydrogen (secondary N) is 1. The maximum Gasteiger partial charge on any atom is 0.281 e. The van der Waals surface area contributed by atoms with Crippen LogP contribution in [-0.2, 0) is 0 Å². The smallest absolute Gasteiger partial charge is 0.281 e. The van der Waals surface area contributed by atoms with E-state index < -0.39 is 11.0 Å². The van der Waals surface area contributed by atoms with E-state index in [1.807, 2.05) is 0 Å². The minimum absolute atomic E-state index is 0.235. The van der Waals surface area contributed by atoms with Gasteiger partial charge in [-0.05, 0) is 18.2 Å². The third-order valence-electron chi connectivity index (χ3n) is 2.90. The Labute approximate surface area is 136 Å². The van der Waals surface area contributed by atoms with Gasteiger partial charge in [0, 0.05) is 11.6 Å². The van der Waals surface area contributed by atoms with Crippen LogP contribution >= 0.6 is 11.3 Å². The van der Waals surface area contributed by atoms with Crippen LogP contribution in [-0.4, -0.2) is 33.5 Å². The number of carbonyl (C=O) groups is 1. The van der Waals surface area contributed by atoms with Crippen LogP contribution in [0.2, 0.25) is 0 Å². The van der Waals surface area contributed by atoms with Crippen molar-refractivity contribution in [2.24, 2.45) is 5.10 Å². The van der Waals surface area contributed by atoms with Crippen molar-refractivity contribution in [1.82, 2.24) is 5.43 Å². The summed E-state index contributed by atoms with van der Waals surface area (Å²) in [6, 6.07) is 5.93. The molecule has 0 saturated carbocycles. The maximum atomic E-state index is 12.9. The number of rotatable bonds is 6. The van der Waals surface area contributed by atoms with Gasteiger partial charge in [0.15, 0.2) is 16.6 Å². The van der Waals surface area contributed by atoms with Gasteiger partial charge in [0.1, 0.15) is 5.75 Å². The van der Waals surface area contributed by atoms with Gasteiger partial charge in [0.05, 0.1) is 32.4 Å². The van der Waals surface area contributed by atoms with Crippen LogP contribution in [0, 0.1) is 5.13 Å². The number of methoxy groups -OCH3 is 3. The number of halogens is 1. The molecular formula is C15H15FN2O4S. The lowest BCUT2D eigenvalue weighted by atomic mass is 10.2. The number of amides is 1. The number of carbonyl (C=O) groups excluding carboxylic acids is 1. The Morgan fingerprint density at radius 1 is 1.13 bits per heavy atom. The Morgan fingerprint density at radius 2 is 1.78 bits per heavy atom. The van der Waals surface area contributed by atoms with Crippen LogP contribution < -0.4 is 19.6 Å². The molecule has 6 nitrogen and oxygen atoms in total. The summed E-state index contributed by atoms with van der Waals surface area (Å²) in [6.45, 7) is 0. The third-order valence-corrected chi connectivity index (χ3v) is 3.78. The first-order valence-electron chi connectivity index (χ1n) is 6.47. The van der Waals surface area contributed by atoms with Crippen molar-refractivity contribution in [2.75, 3.05) is 21.3 Å². The molecule has 1 N–H and O–H groups in total. The van der Waals surface area contributed by atoms with Crippen LogP contribution in [0.1, 0.15) is 15.2 Å². The Hall–Kier alpha value is -2.61. The van der Waals surface area contributed by atoms with E-state index in [0.717, 1.165) is 11.3 Å². The van der Waals surface area contributed by atoms with Crippen LogP contribution in [0.4, 0.5) is 4.39 Å². The van der Waals surface area contributed by atoms with Gasteiger partial charge in [-0.25, -0.2) is 5.43 Å². The highest BCUT2D eigenvalue weighted by atomic mass is 32.1. The number of ether oxygens (including phenoxy) is 3. The minimum Gasteiger partial charge on any atom is -0.496 e. The molecule has 0 aliphatic rings. The van der Waals surface area contributed by atoms with E-state index in [4.69, 9.17) is 14.2 Å². The first-order valence-corrected chi connectivity index (χ1v) is 7.29. The summed E-state index contributed by atoms with van der Waals surface area (Å²) in [4.78, 5) is 12.0. The summed E-state index contributed by atoms with van der Waals surface area (Å²) in [5, 5.41) is 3.42. The average Bonchev–Trinajstić information content (AvgIpc) is 3.00.